The normalized spacial score (nSPS) is 11.6. The van der Waals surface area contributed by atoms with Crippen LogP contribution in [0.15, 0.2) is 18.2 Å². The van der Waals surface area contributed by atoms with Crippen molar-refractivity contribution < 1.29 is 28.7 Å². The van der Waals surface area contributed by atoms with Crippen molar-refractivity contribution in [3.8, 4) is 0 Å². The van der Waals surface area contributed by atoms with E-state index in [-0.39, 0.29) is 48.7 Å². The van der Waals surface area contributed by atoms with Crippen molar-refractivity contribution in [1.29, 1.82) is 0 Å². The van der Waals surface area contributed by atoms with Crippen LogP contribution in [-0.2, 0) is 30.5 Å². The van der Waals surface area contributed by atoms with Crippen LogP contribution in [0.3, 0.4) is 0 Å². The molecule has 0 fully saturated rings. The molecule has 0 radical (unpaired) electrons. The largest absolute Gasteiger partial charge is 0.461 e. The van der Waals surface area contributed by atoms with E-state index in [4.69, 9.17) is 10.5 Å². The molecule has 6 N–H and O–H groups in total. The standard InChI is InChI=1S/C23H35N5O6/c1-6-25-10-18(29)28-20(13(2)3)22(32)26-11-19(30)27-16-8-7-15(17(9-16)21(24)31)12-34-23(33)14(4)5/h7-9,13-14,20,25H,6,10-12H2,1-5H3,(H2,24,31)(H,26,32)(H,27,30)(H,28,29). The van der Waals surface area contributed by atoms with Crippen LogP contribution in [0.25, 0.3) is 0 Å². The van der Waals surface area contributed by atoms with E-state index < -0.39 is 29.7 Å². The van der Waals surface area contributed by atoms with Crippen LogP contribution < -0.4 is 27.0 Å². The third kappa shape index (κ3) is 9.57. The number of amides is 4. The Kier molecular flexibility index (Phi) is 11.7. The SMILES string of the molecule is CCNCC(=O)NC(C(=O)NCC(=O)Nc1ccc(COC(=O)C(C)C)c(C(N)=O)c1)C(C)C. The van der Waals surface area contributed by atoms with Gasteiger partial charge in [0.15, 0.2) is 0 Å². The van der Waals surface area contributed by atoms with Crippen molar-refractivity contribution in [2.45, 2.75) is 47.3 Å². The van der Waals surface area contributed by atoms with E-state index in [1.807, 2.05) is 6.92 Å². The lowest BCUT2D eigenvalue weighted by Gasteiger charge is -2.21. The van der Waals surface area contributed by atoms with Crippen molar-refractivity contribution in [2.24, 2.45) is 17.6 Å². The van der Waals surface area contributed by atoms with Crippen LogP contribution in [0, 0.1) is 11.8 Å². The van der Waals surface area contributed by atoms with E-state index in [1.165, 1.54) is 18.2 Å². The highest BCUT2D eigenvalue weighted by Gasteiger charge is 2.24. The molecular weight excluding hydrogens is 442 g/mol. The Hall–Kier alpha value is -3.47. The number of nitrogens with two attached hydrogens (primary N) is 1. The van der Waals surface area contributed by atoms with Gasteiger partial charge in [0.1, 0.15) is 12.6 Å². The fraction of sp³-hybridized carbons (Fsp3) is 0.522. The zero-order valence-corrected chi connectivity index (χ0v) is 20.3. The molecule has 0 aliphatic carbocycles. The monoisotopic (exact) mass is 477 g/mol. The lowest BCUT2D eigenvalue weighted by Crippen LogP contribution is -2.52. The highest BCUT2D eigenvalue weighted by molar-refractivity contribution is 5.99. The van der Waals surface area contributed by atoms with Crippen molar-refractivity contribution in [3.05, 3.63) is 29.3 Å². The van der Waals surface area contributed by atoms with Crippen molar-refractivity contribution in [3.63, 3.8) is 0 Å². The Morgan fingerprint density at radius 2 is 1.68 bits per heavy atom. The summed E-state index contributed by atoms with van der Waals surface area (Å²) in [5.74, 6) is -3.02. The third-order valence-electron chi connectivity index (χ3n) is 4.72. The van der Waals surface area contributed by atoms with Gasteiger partial charge >= 0.3 is 5.97 Å². The minimum Gasteiger partial charge on any atom is -0.461 e. The van der Waals surface area contributed by atoms with Crippen LogP contribution in [0.2, 0.25) is 0 Å². The summed E-state index contributed by atoms with van der Waals surface area (Å²) in [4.78, 5) is 60.2. The zero-order valence-electron chi connectivity index (χ0n) is 20.3. The number of ether oxygens (including phenoxy) is 1. The highest BCUT2D eigenvalue weighted by Crippen LogP contribution is 2.17. The molecule has 0 aliphatic rings. The molecule has 0 saturated carbocycles. The molecule has 4 amide bonds. The molecule has 0 aliphatic heterocycles. The van der Waals surface area contributed by atoms with E-state index in [9.17, 15) is 24.0 Å². The van der Waals surface area contributed by atoms with Crippen LogP contribution in [0.4, 0.5) is 5.69 Å². The Morgan fingerprint density at radius 3 is 2.24 bits per heavy atom. The number of hydrogen-bond acceptors (Lipinski definition) is 7. The number of nitrogens with one attached hydrogen (secondary N) is 4. The first-order valence-corrected chi connectivity index (χ1v) is 11.1. The Morgan fingerprint density at radius 1 is 1.00 bits per heavy atom. The van der Waals surface area contributed by atoms with Gasteiger partial charge in [0.05, 0.1) is 19.0 Å². The fourth-order valence-corrected chi connectivity index (χ4v) is 2.81. The van der Waals surface area contributed by atoms with Crippen LogP contribution >= 0.6 is 0 Å². The van der Waals surface area contributed by atoms with E-state index in [0.29, 0.717) is 12.1 Å². The second-order valence-electron chi connectivity index (χ2n) is 8.33. The molecule has 1 unspecified atom stereocenters. The van der Waals surface area contributed by atoms with E-state index in [1.54, 1.807) is 27.7 Å². The van der Waals surface area contributed by atoms with Gasteiger partial charge in [-0.2, -0.15) is 0 Å². The maximum atomic E-state index is 12.5. The molecule has 1 atom stereocenters. The Balaban J connectivity index is 2.73. The summed E-state index contributed by atoms with van der Waals surface area (Å²) in [5, 5.41) is 10.6. The smallest absolute Gasteiger partial charge is 0.308 e. The second-order valence-corrected chi connectivity index (χ2v) is 8.33. The molecule has 0 bridgehead atoms. The van der Waals surface area contributed by atoms with Gasteiger partial charge in [-0.15, -0.1) is 0 Å². The quantitative estimate of drug-likeness (QED) is 0.254. The number of primary amides is 1. The number of benzene rings is 1. The van der Waals surface area contributed by atoms with Gasteiger partial charge in [-0.1, -0.05) is 40.7 Å². The molecule has 188 valence electrons. The zero-order chi connectivity index (χ0) is 25.8. The number of likely N-dealkylation sites (N-methyl/N-ethyl adjacent to an activating group) is 1. The first kappa shape index (κ1) is 28.6. The topological polar surface area (TPSA) is 169 Å². The molecule has 1 aromatic rings. The number of anilines is 1. The predicted molar refractivity (Wildman–Crippen MR) is 127 cm³/mol. The molecular formula is C23H35N5O6. The summed E-state index contributed by atoms with van der Waals surface area (Å²) in [5.41, 5.74) is 6.21. The second kappa shape index (κ2) is 13.9. The number of rotatable bonds is 13. The summed E-state index contributed by atoms with van der Waals surface area (Å²) in [7, 11) is 0. The van der Waals surface area contributed by atoms with E-state index in [0.717, 1.165) is 0 Å². The molecule has 1 aromatic carbocycles. The maximum Gasteiger partial charge on any atom is 0.308 e. The van der Waals surface area contributed by atoms with Gasteiger partial charge in [-0.25, -0.2) is 0 Å². The van der Waals surface area contributed by atoms with Gasteiger partial charge in [-0.3, -0.25) is 24.0 Å². The van der Waals surface area contributed by atoms with Gasteiger partial charge in [-0.05, 0) is 24.6 Å². The number of hydrogen-bond donors (Lipinski definition) is 5. The molecule has 0 aromatic heterocycles. The first-order valence-electron chi connectivity index (χ1n) is 11.1. The third-order valence-corrected chi connectivity index (χ3v) is 4.72. The average Bonchev–Trinajstić information content (AvgIpc) is 2.77. The van der Waals surface area contributed by atoms with E-state index in [2.05, 4.69) is 21.3 Å². The van der Waals surface area contributed by atoms with Crippen LogP contribution in [0.1, 0.15) is 50.5 Å². The lowest BCUT2D eigenvalue weighted by molar-refractivity contribution is -0.148. The molecule has 0 saturated heterocycles. The molecule has 11 nitrogen and oxygen atoms in total. The molecule has 34 heavy (non-hydrogen) atoms. The van der Waals surface area contributed by atoms with Gasteiger partial charge in [0.25, 0.3) is 0 Å². The van der Waals surface area contributed by atoms with Crippen LogP contribution in [0.5, 0.6) is 0 Å². The van der Waals surface area contributed by atoms with Crippen molar-refractivity contribution in [2.75, 3.05) is 25.0 Å². The predicted octanol–water partition coefficient (Wildman–Crippen LogP) is 0.290. The number of carbonyl (C=O) groups excluding carboxylic acids is 5. The minimum atomic E-state index is -0.798. The summed E-state index contributed by atoms with van der Waals surface area (Å²) >= 11 is 0. The Labute approximate surface area is 199 Å². The summed E-state index contributed by atoms with van der Waals surface area (Å²) in [6.07, 6.45) is 0. The lowest BCUT2D eigenvalue weighted by atomic mass is 10.0. The van der Waals surface area contributed by atoms with Gasteiger partial charge in [0.2, 0.25) is 23.6 Å². The first-order chi connectivity index (χ1) is 16.0. The number of carbonyl (C=O) groups is 5. The van der Waals surface area contributed by atoms with Gasteiger partial charge < -0.3 is 31.7 Å². The minimum absolute atomic E-state index is 0.0857. The molecule has 1 rings (SSSR count). The average molecular weight is 478 g/mol. The molecule has 0 heterocycles. The summed E-state index contributed by atoms with van der Waals surface area (Å²) in [6.45, 7) is 9.04. The molecule has 0 spiro atoms. The summed E-state index contributed by atoms with van der Waals surface area (Å²) < 4.78 is 5.14. The number of esters is 1. The van der Waals surface area contributed by atoms with Crippen LogP contribution in [-0.4, -0.2) is 55.3 Å². The molecule has 11 heteroatoms. The van der Waals surface area contributed by atoms with Gasteiger partial charge in [0, 0.05) is 16.8 Å². The van der Waals surface area contributed by atoms with Crippen molar-refractivity contribution in [1.82, 2.24) is 16.0 Å². The Bertz CT molecular complexity index is 900. The van der Waals surface area contributed by atoms with Crippen molar-refractivity contribution >= 4 is 35.3 Å². The summed E-state index contributed by atoms with van der Waals surface area (Å²) in [6, 6.07) is 3.63. The maximum absolute atomic E-state index is 12.5. The highest BCUT2D eigenvalue weighted by atomic mass is 16.5. The van der Waals surface area contributed by atoms with E-state index >= 15 is 0 Å². The fourth-order valence-electron chi connectivity index (χ4n) is 2.81.